The zero-order valence-corrected chi connectivity index (χ0v) is 17.3. The van der Waals surface area contributed by atoms with Crippen molar-refractivity contribution in [3.8, 4) is 17.3 Å². The molecule has 1 aromatic carbocycles. The van der Waals surface area contributed by atoms with Crippen molar-refractivity contribution in [3.05, 3.63) is 35.2 Å². The number of amides is 1. The predicted octanol–water partition coefficient (Wildman–Crippen LogP) is 2.99. The van der Waals surface area contributed by atoms with Crippen molar-refractivity contribution in [2.45, 2.75) is 26.2 Å². The van der Waals surface area contributed by atoms with Gasteiger partial charge in [-0.15, -0.1) is 11.3 Å². The fourth-order valence-corrected chi connectivity index (χ4v) is 4.32. The van der Waals surface area contributed by atoms with E-state index in [4.69, 9.17) is 10.2 Å². The van der Waals surface area contributed by atoms with Crippen LogP contribution in [0.5, 0.6) is 0 Å². The molecule has 0 aliphatic carbocycles. The molecule has 6 nitrogen and oxygen atoms in total. The summed E-state index contributed by atoms with van der Waals surface area (Å²) in [7, 11) is 0. The second-order valence-corrected chi connectivity index (χ2v) is 8.27. The minimum Gasteiger partial charge on any atom is -0.346 e. The van der Waals surface area contributed by atoms with Gasteiger partial charge in [-0.05, 0) is 24.0 Å². The van der Waals surface area contributed by atoms with Crippen LogP contribution in [0.4, 0.5) is 5.13 Å². The van der Waals surface area contributed by atoms with Crippen molar-refractivity contribution in [2.24, 2.45) is 5.92 Å². The van der Waals surface area contributed by atoms with Crippen LogP contribution < -0.4 is 15.5 Å². The van der Waals surface area contributed by atoms with Crippen molar-refractivity contribution < 1.29 is 4.79 Å². The number of aromatic nitrogens is 1. The van der Waals surface area contributed by atoms with Crippen LogP contribution in [-0.4, -0.2) is 43.6 Å². The normalized spacial score (nSPS) is 15.3. The Balaban J connectivity index is 1.82. The zero-order chi connectivity index (χ0) is 19.9. The summed E-state index contributed by atoms with van der Waals surface area (Å²) >= 11 is 1.66. The van der Waals surface area contributed by atoms with Crippen LogP contribution in [0.1, 0.15) is 31.7 Å². The van der Waals surface area contributed by atoms with Crippen LogP contribution in [0.15, 0.2) is 29.6 Å². The van der Waals surface area contributed by atoms with Crippen molar-refractivity contribution in [3.63, 3.8) is 0 Å². The first-order valence-corrected chi connectivity index (χ1v) is 10.6. The van der Waals surface area contributed by atoms with E-state index in [1.54, 1.807) is 11.3 Å². The standard InChI is InChI=1S/C21H27N5OS/c1-15(2)12-18(20(27)24-7-6-22)16-4-3-5-17(13-16)19-14-28-21(25-19)26-10-8-23-9-11-26/h3-5,13-15,18,23H,7-12H2,1-2H3,(H,24,27). The summed E-state index contributed by atoms with van der Waals surface area (Å²) in [6.45, 7) is 8.17. The van der Waals surface area contributed by atoms with Gasteiger partial charge in [-0.25, -0.2) is 4.98 Å². The molecule has 1 atom stereocenters. The Morgan fingerprint density at radius 3 is 2.89 bits per heavy atom. The number of rotatable bonds is 7. The van der Waals surface area contributed by atoms with Gasteiger partial charge in [0.2, 0.25) is 5.91 Å². The van der Waals surface area contributed by atoms with E-state index in [1.165, 1.54) is 0 Å². The van der Waals surface area contributed by atoms with Gasteiger partial charge in [0.05, 0.1) is 17.7 Å². The average Bonchev–Trinajstić information content (AvgIpc) is 3.21. The average molecular weight is 398 g/mol. The number of nitrogens with one attached hydrogen (secondary N) is 2. The van der Waals surface area contributed by atoms with Gasteiger partial charge >= 0.3 is 0 Å². The van der Waals surface area contributed by atoms with Gasteiger partial charge in [0.15, 0.2) is 5.13 Å². The van der Waals surface area contributed by atoms with Gasteiger partial charge in [0.1, 0.15) is 6.54 Å². The maximum Gasteiger partial charge on any atom is 0.228 e. The highest BCUT2D eigenvalue weighted by atomic mass is 32.1. The van der Waals surface area contributed by atoms with Crippen LogP contribution in [0.3, 0.4) is 0 Å². The molecule has 2 N–H and O–H groups in total. The molecule has 28 heavy (non-hydrogen) atoms. The van der Waals surface area contributed by atoms with Crippen molar-refractivity contribution in [2.75, 3.05) is 37.6 Å². The fourth-order valence-electron chi connectivity index (χ4n) is 3.43. The third kappa shape index (κ3) is 5.09. The highest BCUT2D eigenvalue weighted by Gasteiger charge is 2.22. The molecule has 1 aromatic heterocycles. The molecule has 1 amide bonds. The van der Waals surface area contributed by atoms with Gasteiger partial charge in [-0.1, -0.05) is 32.0 Å². The molecule has 1 aliphatic rings. The molecule has 1 aliphatic heterocycles. The van der Waals surface area contributed by atoms with Gasteiger partial charge in [0.25, 0.3) is 0 Å². The second-order valence-electron chi connectivity index (χ2n) is 7.44. The summed E-state index contributed by atoms with van der Waals surface area (Å²) in [5.41, 5.74) is 2.94. The molecule has 7 heteroatoms. The number of piperazine rings is 1. The molecule has 0 bridgehead atoms. The lowest BCUT2D eigenvalue weighted by Gasteiger charge is -2.26. The number of anilines is 1. The number of benzene rings is 1. The molecule has 0 spiro atoms. The Hall–Kier alpha value is -2.43. The Labute approximate surface area is 170 Å². The largest absolute Gasteiger partial charge is 0.346 e. The van der Waals surface area contributed by atoms with Gasteiger partial charge < -0.3 is 15.5 Å². The minimum absolute atomic E-state index is 0.0350. The molecule has 0 saturated carbocycles. The molecule has 0 radical (unpaired) electrons. The van der Waals surface area contributed by atoms with Gasteiger partial charge in [0, 0.05) is 37.1 Å². The third-order valence-electron chi connectivity index (χ3n) is 4.83. The lowest BCUT2D eigenvalue weighted by molar-refractivity contribution is -0.122. The number of hydrogen-bond donors (Lipinski definition) is 2. The summed E-state index contributed by atoms with van der Waals surface area (Å²) in [5, 5.41) is 18.0. The van der Waals surface area contributed by atoms with Gasteiger partial charge in [-0.3, -0.25) is 4.79 Å². The molecule has 2 aromatic rings. The number of carbonyl (C=O) groups is 1. The zero-order valence-electron chi connectivity index (χ0n) is 16.4. The number of carbonyl (C=O) groups excluding carboxylic acids is 1. The van der Waals surface area contributed by atoms with E-state index >= 15 is 0 Å². The van der Waals surface area contributed by atoms with E-state index < -0.39 is 0 Å². The predicted molar refractivity (Wildman–Crippen MR) is 113 cm³/mol. The molecule has 148 valence electrons. The van der Waals surface area contributed by atoms with Crippen LogP contribution in [0.25, 0.3) is 11.3 Å². The van der Waals surface area contributed by atoms with Crippen molar-refractivity contribution in [1.82, 2.24) is 15.6 Å². The Kier molecular flexibility index (Phi) is 7.01. The van der Waals surface area contributed by atoms with Crippen molar-refractivity contribution in [1.29, 1.82) is 5.26 Å². The topological polar surface area (TPSA) is 81.0 Å². The number of nitriles is 1. The number of nitrogens with zero attached hydrogens (tertiary/aromatic N) is 3. The van der Waals surface area contributed by atoms with Crippen LogP contribution in [-0.2, 0) is 4.79 Å². The van der Waals surface area contributed by atoms with E-state index in [1.807, 2.05) is 24.3 Å². The maximum absolute atomic E-state index is 12.6. The van der Waals surface area contributed by atoms with E-state index in [0.29, 0.717) is 5.92 Å². The van der Waals surface area contributed by atoms with E-state index in [9.17, 15) is 4.79 Å². The molecule has 1 fully saturated rings. The summed E-state index contributed by atoms with van der Waals surface area (Å²) in [4.78, 5) is 19.8. The Morgan fingerprint density at radius 1 is 1.39 bits per heavy atom. The second kappa shape index (κ2) is 9.67. The lowest BCUT2D eigenvalue weighted by atomic mass is 9.88. The quantitative estimate of drug-likeness (QED) is 0.702. The van der Waals surface area contributed by atoms with E-state index in [2.05, 4.69) is 40.8 Å². The monoisotopic (exact) mass is 397 g/mol. The molecule has 1 unspecified atom stereocenters. The summed E-state index contributed by atoms with van der Waals surface area (Å²) in [5.74, 6) is 0.0202. The van der Waals surface area contributed by atoms with E-state index in [-0.39, 0.29) is 18.4 Å². The summed E-state index contributed by atoms with van der Waals surface area (Å²) in [6.07, 6.45) is 0.740. The first-order valence-electron chi connectivity index (χ1n) is 9.74. The summed E-state index contributed by atoms with van der Waals surface area (Å²) in [6, 6.07) is 10.1. The summed E-state index contributed by atoms with van der Waals surface area (Å²) < 4.78 is 0. The maximum atomic E-state index is 12.6. The Morgan fingerprint density at radius 2 is 2.18 bits per heavy atom. The SMILES string of the molecule is CC(C)CC(C(=O)NCC#N)c1cccc(-c2csc(N3CCNCC3)n2)c1. The third-order valence-corrected chi connectivity index (χ3v) is 5.73. The van der Waals surface area contributed by atoms with Gasteiger partial charge in [-0.2, -0.15) is 5.26 Å². The first-order chi connectivity index (χ1) is 13.6. The molecule has 1 saturated heterocycles. The number of thiazole rings is 1. The van der Waals surface area contributed by atoms with Crippen LogP contribution in [0.2, 0.25) is 0 Å². The minimum atomic E-state index is -0.264. The van der Waals surface area contributed by atoms with E-state index in [0.717, 1.165) is 54.6 Å². The molecule has 2 heterocycles. The first kappa shape index (κ1) is 20.3. The van der Waals surface area contributed by atoms with Crippen molar-refractivity contribution >= 4 is 22.4 Å². The number of hydrogen-bond acceptors (Lipinski definition) is 6. The molecular formula is C21H27N5OS. The molecule has 3 rings (SSSR count). The lowest BCUT2D eigenvalue weighted by Crippen LogP contribution is -2.43. The fraction of sp³-hybridized carbons (Fsp3) is 0.476. The highest BCUT2D eigenvalue weighted by molar-refractivity contribution is 7.14. The Bertz CT molecular complexity index is 835. The highest BCUT2D eigenvalue weighted by Crippen LogP contribution is 2.31. The molecular weight excluding hydrogens is 370 g/mol. The van der Waals surface area contributed by atoms with Crippen LogP contribution >= 0.6 is 11.3 Å². The van der Waals surface area contributed by atoms with Crippen LogP contribution in [0, 0.1) is 17.2 Å². The smallest absolute Gasteiger partial charge is 0.228 e.